The van der Waals surface area contributed by atoms with Crippen molar-refractivity contribution in [2.75, 3.05) is 48.3 Å². The van der Waals surface area contributed by atoms with Crippen LogP contribution in [0.2, 0.25) is 0 Å². The van der Waals surface area contributed by atoms with Crippen molar-refractivity contribution in [2.24, 2.45) is 5.92 Å². The average molecular weight is 292 g/mol. The van der Waals surface area contributed by atoms with Crippen molar-refractivity contribution in [1.29, 1.82) is 0 Å². The molecule has 6 nitrogen and oxygen atoms in total. The van der Waals surface area contributed by atoms with Crippen molar-refractivity contribution in [3.05, 3.63) is 0 Å². The number of aromatic nitrogens is 3. The molecule has 0 aliphatic heterocycles. The summed E-state index contributed by atoms with van der Waals surface area (Å²) in [5.41, 5.74) is 0. The highest BCUT2D eigenvalue weighted by atomic mass is 15.4. The normalized spacial score (nSPS) is 14.1. The lowest BCUT2D eigenvalue weighted by atomic mass is 10.4. The van der Waals surface area contributed by atoms with Crippen molar-refractivity contribution < 1.29 is 0 Å². The fraction of sp³-hybridized carbons (Fsp3) is 0.800. The van der Waals surface area contributed by atoms with Crippen LogP contribution in [0.15, 0.2) is 0 Å². The first-order chi connectivity index (χ1) is 10.2. The van der Waals surface area contributed by atoms with E-state index in [0.717, 1.165) is 50.4 Å². The molecule has 1 aromatic rings. The van der Waals surface area contributed by atoms with Crippen LogP contribution in [0.5, 0.6) is 0 Å². The van der Waals surface area contributed by atoms with E-state index in [1.807, 2.05) is 0 Å². The van der Waals surface area contributed by atoms with Gasteiger partial charge in [0.05, 0.1) is 0 Å². The van der Waals surface area contributed by atoms with Crippen LogP contribution in [0.3, 0.4) is 0 Å². The van der Waals surface area contributed by atoms with Crippen molar-refractivity contribution >= 4 is 17.8 Å². The number of anilines is 3. The van der Waals surface area contributed by atoms with Crippen molar-refractivity contribution in [2.45, 2.75) is 40.0 Å². The third kappa shape index (κ3) is 4.44. The maximum absolute atomic E-state index is 4.65. The summed E-state index contributed by atoms with van der Waals surface area (Å²) in [6.45, 7) is 10.1. The van der Waals surface area contributed by atoms with Gasteiger partial charge in [0.2, 0.25) is 17.8 Å². The molecule has 0 atom stereocenters. The fourth-order valence-electron chi connectivity index (χ4n) is 2.26. The van der Waals surface area contributed by atoms with E-state index in [1.54, 1.807) is 0 Å². The molecular weight excluding hydrogens is 264 g/mol. The molecule has 6 heteroatoms. The minimum Gasteiger partial charge on any atom is -0.354 e. The van der Waals surface area contributed by atoms with Gasteiger partial charge in [-0.2, -0.15) is 15.0 Å². The second-order valence-electron chi connectivity index (χ2n) is 5.68. The minimum absolute atomic E-state index is 0.686. The Morgan fingerprint density at radius 3 is 2.29 bits per heavy atom. The van der Waals surface area contributed by atoms with E-state index in [9.17, 15) is 0 Å². The van der Waals surface area contributed by atoms with E-state index in [4.69, 9.17) is 0 Å². The molecule has 0 radical (unpaired) electrons. The second-order valence-corrected chi connectivity index (χ2v) is 5.68. The summed E-state index contributed by atoms with van der Waals surface area (Å²) in [6.07, 6.45) is 3.72. The molecule has 0 bridgehead atoms. The molecule has 21 heavy (non-hydrogen) atoms. The van der Waals surface area contributed by atoms with Gasteiger partial charge in [0.1, 0.15) is 0 Å². The predicted molar refractivity (Wildman–Crippen MR) is 88.2 cm³/mol. The van der Waals surface area contributed by atoms with Gasteiger partial charge in [-0.3, -0.25) is 0 Å². The highest BCUT2D eigenvalue weighted by Crippen LogP contribution is 2.30. The van der Waals surface area contributed by atoms with E-state index in [0.29, 0.717) is 5.95 Å². The molecule has 1 aromatic heterocycles. The zero-order chi connectivity index (χ0) is 15.2. The van der Waals surface area contributed by atoms with Gasteiger partial charge in [0.15, 0.2) is 0 Å². The predicted octanol–water partition coefficient (Wildman–Crippen LogP) is 2.39. The first-order valence-corrected chi connectivity index (χ1v) is 8.13. The summed E-state index contributed by atoms with van der Waals surface area (Å²) >= 11 is 0. The van der Waals surface area contributed by atoms with Crippen LogP contribution in [0.4, 0.5) is 17.8 Å². The standard InChI is InChI=1S/C15H28N6/c1-5-10-16-13-17-14(20(4)11-12-8-9-12)19-15(18-13)21(6-2)7-3/h12H,5-11H2,1-4H3,(H,16,17,18,19). The monoisotopic (exact) mass is 292 g/mol. The Labute approximate surface area is 128 Å². The summed E-state index contributed by atoms with van der Waals surface area (Å²) in [5.74, 6) is 3.05. The van der Waals surface area contributed by atoms with Crippen molar-refractivity contribution in [3.63, 3.8) is 0 Å². The third-order valence-electron chi connectivity index (χ3n) is 3.76. The van der Waals surface area contributed by atoms with Gasteiger partial charge in [0.25, 0.3) is 0 Å². The van der Waals surface area contributed by atoms with Crippen molar-refractivity contribution in [1.82, 2.24) is 15.0 Å². The fourth-order valence-corrected chi connectivity index (χ4v) is 2.26. The summed E-state index contributed by atoms with van der Waals surface area (Å²) in [5, 5.41) is 3.29. The van der Waals surface area contributed by atoms with E-state index in [1.165, 1.54) is 12.8 Å². The Balaban J connectivity index is 2.21. The van der Waals surface area contributed by atoms with Gasteiger partial charge in [-0.1, -0.05) is 6.92 Å². The molecule has 1 heterocycles. The topological polar surface area (TPSA) is 57.2 Å². The van der Waals surface area contributed by atoms with Gasteiger partial charge in [-0.15, -0.1) is 0 Å². The Bertz CT molecular complexity index is 442. The SMILES string of the molecule is CCCNc1nc(N(C)CC2CC2)nc(N(CC)CC)n1. The molecular formula is C15H28N6. The Hall–Kier alpha value is -1.59. The third-order valence-corrected chi connectivity index (χ3v) is 3.76. The molecule has 0 aromatic carbocycles. The highest BCUT2D eigenvalue weighted by molar-refractivity contribution is 5.45. The first kappa shape index (κ1) is 15.8. The lowest BCUT2D eigenvalue weighted by Crippen LogP contribution is -2.28. The Morgan fingerprint density at radius 1 is 1.05 bits per heavy atom. The van der Waals surface area contributed by atoms with Gasteiger partial charge in [-0.25, -0.2) is 0 Å². The number of hydrogen-bond acceptors (Lipinski definition) is 6. The number of hydrogen-bond donors (Lipinski definition) is 1. The van der Waals surface area contributed by atoms with E-state index >= 15 is 0 Å². The second kappa shape index (κ2) is 7.43. The van der Waals surface area contributed by atoms with Crippen molar-refractivity contribution in [3.8, 4) is 0 Å². The van der Waals surface area contributed by atoms with Crippen LogP contribution < -0.4 is 15.1 Å². The summed E-state index contributed by atoms with van der Waals surface area (Å²) < 4.78 is 0. The van der Waals surface area contributed by atoms with E-state index in [-0.39, 0.29) is 0 Å². The maximum Gasteiger partial charge on any atom is 0.231 e. The number of rotatable bonds is 9. The van der Waals surface area contributed by atoms with Gasteiger partial charge in [-0.05, 0) is 39.0 Å². The van der Waals surface area contributed by atoms with Crippen LogP contribution in [0, 0.1) is 5.92 Å². The molecule has 2 rings (SSSR count). The van der Waals surface area contributed by atoms with Crippen LogP contribution in [0.1, 0.15) is 40.0 Å². The molecule has 0 unspecified atom stereocenters. The number of nitrogens with zero attached hydrogens (tertiary/aromatic N) is 5. The Morgan fingerprint density at radius 2 is 1.71 bits per heavy atom. The van der Waals surface area contributed by atoms with Gasteiger partial charge < -0.3 is 15.1 Å². The lowest BCUT2D eigenvalue weighted by Gasteiger charge is -2.22. The molecule has 1 N–H and O–H groups in total. The molecule has 0 amide bonds. The molecule has 118 valence electrons. The minimum atomic E-state index is 0.686. The average Bonchev–Trinajstić information content (AvgIpc) is 3.30. The van der Waals surface area contributed by atoms with Crippen LogP contribution >= 0.6 is 0 Å². The van der Waals surface area contributed by atoms with Gasteiger partial charge >= 0.3 is 0 Å². The maximum atomic E-state index is 4.65. The zero-order valence-electron chi connectivity index (χ0n) is 13.8. The van der Waals surface area contributed by atoms with Crippen LogP contribution in [-0.4, -0.2) is 48.2 Å². The Kier molecular flexibility index (Phi) is 5.59. The lowest BCUT2D eigenvalue weighted by molar-refractivity contribution is 0.748. The summed E-state index contributed by atoms with van der Waals surface area (Å²) in [6, 6.07) is 0. The summed E-state index contributed by atoms with van der Waals surface area (Å²) in [4.78, 5) is 18.1. The quantitative estimate of drug-likeness (QED) is 0.754. The molecule has 1 aliphatic carbocycles. The smallest absolute Gasteiger partial charge is 0.231 e. The van der Waals surface area contributed by atoms with E-state index in [2.05, 4.69) is 57.9 Å². The van der Waals surface area contributed by atoms with Crippen LogP contribution in [0.25, 0.3) is 0 Å². The highest BCUT2D eigenvalue weighted by Gasteiger charge is 2.24. The summed E-state index contributed by atoms with van der Waals surface area (Å²) in [7, 11) is 2.07. The molecule has 0 spiro atoms. The van der Waals surface area contributed by atoms with Gasteiger partial charge in [0, 0.05) is 33.2 Å². The van der Waals surface area contributed by atoms with Crippen LogP contribution in [-0.2, 0) is 0 Å². The molecule has 0 saturated heterocycles. The zero-order valence-corrected chi connectivity index (χ0v) is 13.8. The molecule has 1 aliphatic rings. The van der Waals surface area contributed by atoms with E-state index < -0.39 is 0 Å². The molecule has 1 saturated carbocycles. The molecule has 1 fully saturated rings. The first-order valence-electron chi connectivity index (χ1n) is 8.13. The largest absolute Gasteiger partial charge is 0.354 e. The number of nitrogens with one attached hydrogen (secondary N) is 1.